The summed E-state index contributed by atoms with van der Waals surface area (Å²) < 4.78 is 5.08. The molecule has 0 aliphatic rings. The molecule has 2 N–H and O–H groups in total. The van der Waals surface area contributed by atoms with Gasteiger partial charge in [-0.05, 0) is 31.2 Å². The van der Waals surface area contributed by atoms with Gasteiger partial charge in [-0.2, -0.15) is 0 Å². The molecule has 88 valence electrons. The Morgan fingerprint density at radius 1 is 1.50 bits per heavy atom. The highest BCUT2D eigenvalue weighted by atomic mass is 16.5. The lowest BCUT2D eigenvalue weighted by molar-refractivity contribution is 0.0794. The molecule has 1 aromatic carbocycles. The van der Waals surface area contributed by atoms with Crippen molar-refractivity contribution >= 4 is 5.91 Å². The van der Waals surface area contributed by atoms with E-state index in [1.807, 2.05) is 12.1 Å². The Hall–Kier alpha value is -1.55. The van der Waals surface area contributed by atoms with Crippen LogP contribution in [0, 0.1) is 0 Å². The number of carbonyl (C=O) groups excluding carboxylic acids is 1. The predicted octanol–water partition coefficient (Wildman–Crippen LogP) is 1.12. The van der Waals surface area contributed by atoms with Gasteiger partial charge in [-0.1, -0.05) is 6.07 Å². The third-order valence-corrected chi connectivity index (χ3v) is 2.36. The Balaban J connectivity index is 2.71. The number of nitrogens with zero attached hydrogens (tertiary/aromatic N) is 1. The van der Waals surface area contributed by atoms with Gasteiger partial charge in [0.05, 0.1) is 7.11 Å². The van der Waals surface area contributed by atoms with Crippen molar-refractivity contribution in [2.24, 2.45) is 5.73 Å². The minimum Gasteiger partial charge on any atom is -0.497 e. The predicted molar refractivity (Wildman–Crippen MR) is 63.6 cm³/mol. The van der Waals surface area contributed by atoms with Crippen LogP contribution in [0.1, 0.15) is 16.8 Å². The Labute approximate surface area is 96.0 Å². The molecule has 0 atom stereocenters. The van der Waals surface area contributed by atoms with Gasteiger partial charge < -0.3 is 15.4 Å². The second-order valence-corrected chi connectivity index (χ2v) is 3.60. The van der Waals surface area contributed by atoms with E-state index in [-0.39, 0.29) is 5.91 Å². The highest BCUT2D eigenvalue weighted by Gasteiger charge is 2.11. The van der Waals surface area contributed by atoms with E-state index in [9.17, 15) is 4.79 Å². The Morgan fingerprint density at radius 3 is 2.88 bits per heavy atom. The number of rotatable bonds is 5. The van der Waals surface area contributed by atoms with Crippen LogP contribution in [0.15, 0.2) is 24.3 Å². The van der Waals surface area contributed by atoms with Crippen molar-refractivity contribution in [1.82, 2.24) is 4.90 Å². The van der Waals surface area contributed by atoms with E-state index < -0.39 is 0 Å². The summed E-state index contributed by atoms with van der Waals surface area (Å²) in [6.07, 6.45) is 0.812. The van der Waals surface area contributed by atoms with Crippen LogP contribution in [0.3, 0.4) is 0 Å². The molecule has 0 radical (unpaired) electrons. The van der Waals surface area contributed by atoms with E-state index in [0.717, 1.165) is 6.42 Å². The van der Waals surface area contributed by atoms with Gasteiger partial charge in [-0.15, -0.1) is 0 Å². The second-order valence-electron chi connectivity index (χ2n) is 3.60. The first-order chi connectivity index (χ1) is 7.69. The first-order valence-electron chi connectivity index (χ1n) is 5.28. The lowest BCUT2D eigenvalue weighted by atomic mass is 10.2. The molecule has 4 heteroatoms. The van der Waals surface area contributed by atoms with Crippen molar-refractivity contribution in [2.45, 2.75) is 6.42 Å². The average Bonchev–Trinajstić information content (AvgIpc) is 2.35. The van der Waals surface area contributed by atoms with Crippen molar-refractivity contribution in [2.75, 3.05) is 27.2 Å². The van der Waals surface area contributed by atoms with E-state index in [1.165, 1.54) is 0 Å². The third-order valence-electron chi connectivity index (χ3n) is 2.36. The fourth-order valence-electron chi connectivity index (χ4n) is 1.41. The molecule has 0 aliphatic carbocycles. The van der Waals surface area contributed by atoms with Crippen LogP contribution in [0.5, 0.6) is 5.75 Å². The van der Waals surface area contributed by atoms with Gasteiger partial charge in [0.1, 0.15) is 5.75 Å². The number of nitrogens with two attached hydrogens (primary N) is 1. The summed E-state index contributed by atoms with van der Waals surface area (Å²) in [5, 5.41) is 0. The van der Waals surface area contributed by atoms with Gasteiger partial charge in [-0.3, -0.25) is 4.79 Å². The summed E-state index contributed by atoms with van der Waals surface area (Å²) in [4.78, 5) is 13.6. The summed E-state index contributed by atoms with van der Waals surface area (Å²) in [5.41, 5.74) is 6.04. The number of hydrogen-bond acceptors (Lipinski definition) is 3. The molecule has 0 aromatic heterocycles. The lowest BCUT2D eigenvalue weighted by Gasteiger charge is -2.16. The van der Waals surface area contributed by atoms with Crippen LogP contribution < -0.4 is 10.5 Å². The summed E-state index contributed by atoms with van der Waals surface area (Å²) in [6.45, 7) is 1.27. The van der Waals surface area contributed by atoms with Crippen molar-refractivity contribution < 1.29 is 9.53 Å². The SMILES string of the molecule is COc1cccc(C(=O)N(C)CCCN)c1. The zero-order chi connectivity index (χ0) is 12.0. The van der Waals surface area contributed by atoms with Gasteiger partial charge in [0.15, 0.2) is 0 Å². The smallest absolute Gasteiger partial charge is 0.253 e. The van der Waals surface area contributed by atoms with Crippen LogP contribution in [0.25, 0.3) is 0 Å². The molecule has 0 unspecified atom stereocenters. The molecule has 0 saturated heterocycles. The van der Waals surface area contributed by atoms with Crippen LogP contribution in [-0.4, -0.2) is 38.1 Å². The topological polar surface area (TPSA) is 55.6 Å². The molecule has 0 heterocycles. The largest absolute Gasteiger partial charge is 0.497 e. The van der Waals surface area contributed by atoms with Crippen molar-refractivity contribution in [3.05, 3.63) is 29.8 Å². The molecule has 0 fully saturated rings. The average molecular weight is 222 g/mol. The maximum absolute atomic E-state index is 11.9. The normalized spacial score (nSPS) is 9.94. The van der Waals surface area contributed by atoms with Crippen molar-refractivity contribution in [3.8, 4) is 5.75 Å². The highest BCUT2D eigenvalue weighted by molar-refractivity contribution is 5.94. The molecule has 16 heavy (non-hydrogen) atoms. The molecule has 0 aliphatic heterocycles. The summed E-state index contributed by atoms with van der Waals surface area (Å²) >= 11 is 0. The number of methoxy groups -OCH3 is 1. The minimum atomic E-state index is -0.00708. The third kappa shape index (κ3) is 3.24. The quantitative estimate of drug-likeness (QED) is 0.812. The van der Waals surface area contributed by atoms with E-state index in [0.29, 0.717) is 24.4 Å². The van der Waals surface area contributed by atoms with Gasteiger partial charge in [0.2, 0.25) is 0 Å². The van der Waals surface area contributed by atoms with Crippen molar-refractivity contribution in [1.29, 1.82) is 0 Å². The lowest BCUT2D eigenvalue weighted by Crippen LogP contribution is -2.28. The fourth-order valence-corrected chi connectivity index (χ4v) is 1.41. The number of carbonyl (C=O) groups is 1. The van der Waals surface area contributed by atoms with Crippen LogP contribution in [0.4, 0.5) is 0 Å². The standard InChI is InChI=1S/C12H18N2O2/c1-14(8-4-7-13)12(15)10-5-3-6-11(9-10)16-2/h3,5-6,9H,4,7-8,13H2,1-2H3. The zero-order valence-electron chi connectivity index (χ0n) is 9.77. The minimum absolute atomic E-state index is 0.00708. The van der Waals surface area contributed by atoms with E-state index in [1.54, 1.807) is 31.2 Å². The number of benzene rings is 1. The number of hydrogen-bond donors (Lipinski definition) is 1. The molecule has 1 rings (SSSR count). The molecule has 0 saturated carbocycles. The monoisotopic (exact) mass is 222 g/mol. The molecule has 1 amide bonds. The fraction of sp³-hybridized carbons (Fsp3) is 0.417. The van der Waals surface area contributed by atoms with Gasteiger partial charge in [0.25, 0.3) is 5.91 Å². The second kappa shape index (κ2) is 6.12. The molecule has 1 aromatic rings. The summed E-state index contributed by atoms with van der Waals surface area (Å²) in [7, 11) is 3.36. The maximum Gasteiger partial charge on any atom is 0.253 e. The van der Waals surface area contributed by atoms with Gasteiger partial charge >= 0.3 is 0 Å². The van der Waals surface area contributed by atoms with E-state index >= 15 is 0 Å². The molecule has 0 spiro atoms. The number of ether oxygens (including phenoxy) is 1. The van der Waals surface area contributed by atoms with Crippen LogP contribution in [0.2, 0.25) is 0 Å². The zero-order valence-corrected chi connectivity index (χ0v) is 9.77. The maximum atomic E-state index is 11.9. The van der Waals surface area contributed by atoms with E-state index in [4.69, 9.17) is 10.5 Å². The molecular weight excluding hydrogens is 204 g/mol. The Kier molecular flexibility index (Phi) is 4.79. The molecular formula is C12H18N2O2. The van der Waals surface area contributed by atoms with E-state index in [2.05, 4.69) is 0 Å². The van der Waals surface area contributed by atoms with Crippen LogP contribution in [-0.2, 0) is 0 Å². The highest BCUT2D eigenvalue weighted by Crippen LogP contribution is 2.13. The molecule has 0 bridgehead atoms. The summed E-state index contributed by atoms with van der Waals surface area (Å²) in [6, 6.07) is 7.14. The number of amides is 1. The van der Waals surface area contributed by atoms with Gasteiger partial charge in [-0.25, -0.2) is 0 Å². The first kappa shape index (κ1) is 12.5. The molecule has 4 nitrogen and oxygen atoms in total. The van der Waals surface area contributed by atoms with Gasteiger partial charge in [0, 0.05) is 19.2 Å². The Bertz CT molecular complexity index is 353. The Morgan fingerprint density at radius 2 is 2.25 bits per heavy atom. The first-order valence-corrected chi connectivity index (χ1v) is 5.28. The van der Waals surface area contributed by atoms with Crippen molar-refractivity contribution in [3.63, 3.8) is 0 Å². The van der Waals surface area contributed by atoms with Crippen LogP contribution >= 0.6 is 0 Å². The summed E-state index contributed by atoms with van der Waals surface area (Å²) in [5.74, 6) is 0.686.